The molecule has 1 aromatic rings. The summed E-state index contributed by atoms with van der Waals surface area (Å²) in [6.45, 7) is 10.5. The van der Waals surface area contributed by atoms with Crippen molar-refractivity contribution < 1.29 is 32.6 Å². The van der Waals surface area contributed by atoms with Gasteiger partial charge < -0.3 is 15.2 Å². The van der Waals surface area contributed by atoms with Crippen molar-refractivity contribution in [1.82, 2.24) is 5.32 Å². The predicted molar refractivity (Wildman–Crippen MR) is 110 cm³/mol. The molecule has 0 radical (unpaired) electrons. The lowest BCUT2D eigenvalue weighted by molar-refractivity contribution is -0.146. The largest absolute Gasteiger partial charge is 0.467 e. The van der Waals surface area contributed by atoms with Gasteiger partial charge in [0.15, 0.2) is 6.10 Å². The number of nitrogens with one attached hydrogen (secondary N) is 1. The summed E-state index contributed by atoms with van der Waals surface area (Å²) in [6, 6.07) is 2.46. The first-order valence-electron chi connectivity index (χ1n) is 9.33. The maximum atomic E-state index is 12.7. The molecule has 0 unspecified atom stereocenters. The van der Waals surface area contributed by atoms with E-state index in [0.29, 0.717) is 0 Å². The second-order valence-electron chi connectivity index (χ2n) is 8.49. The number of rotatable bonds is 5. The Bertz CT molecular complexity index is 818. The van der Waals surface area contributed by atoms with Crippen molar-refractivity contribution in [3.63, 3.8) is 0 Å². The van der Waals surface area contributed by atoms with Crippen LogP contribution >= 0.6 is 0 Å². The van der Waals surface area contributed by atoms with Crippen LogP contribution in [0.3, 0.4) is 0 Å². The molecule has 0 aliphatic rings. The second-order valence-corrected chi connectivity index (χ2v) is 13.5. The zero-order valence-electron chi connectivity index (χ0n) is 18.0. The highest BCUT2D eigenvalue weighted by Gasteiger charge is 2.34. The van der Waals surface area contributed by atoms with Gasteiger partial charge in [0.1, 0.15) is 14.1 Å². The number of hydrogen-bond donors (Lipinski definition) is 2. The fourth-order valence-corrected chi connectivity index (χ4v) is 3.07. The van der Waals surface area contributed by atoms with Crippen LogP contribution in [0.5, 0.6) is 0 Å². The smallest absolute Gasteiger partial charge is 0.416 e. The Morgan fingerprint density at radius 1 is 1.17 bits per heavy atom. The van der Waals surface area contributed by atoms with E-state index in [4.69, 9.17) is 0 Å². The summed E-state index contributed by atoms with van der Waals surface area (Å²) < 4.78 is 42.6. The van der Waals surface area contributed by atoms with Crippen LogP contribution in [0, 0.1) is 11.5 Å². The topological polar surface area (TPSA) is 75.6 Å². The van der Waals surface area contributed by atoms with E-state index in [9.17, 15) is 27.9 Å². The summed E-state index contributed by atoms with van der Waals surface area (Å²) in [5, 5.41) is 12.6. The highest BCUT2D eigenvalue weighted by Crippen LogP contribution is 2.35. The third-order valence-corrected chi connectivity index (χ3v) is 9.74. The molecule has 166 valence electrons. The summed E-state index contributed by atoms with van der Waals surface area (Å²) >= 11 is 0. The van der Waals surface area contributed by atoms with Crippen molar-refractivity contribution >= 4 is 20.0 Å². The molecule has 0 bridgehead atoms. The molecule has 5 nitrogen and oxygen atoms in total. The molecule has 2 atom stereocenters. The van der Waals surface area contributed by atoms with Gasteiger partial charge in [-0.25, -0.2) is 4.79 Å². The summed E-state index contributed by atoms with van der Waals surface area (Å²) in [7, 11) is -0.757. The van der Waals surface area contributed by atoms with E-state index in [1.54, 1.807) is 0 Å². The first-order chi connectivity index (χ1) is 13.6. The molecule has 0 heterocycles. The van der Waals surface area contributed by atoms with E-state index >= 15 is 0 Å². The first-order valence-corrected chi connectivity index (χ1v) is 12.3. The molecule has 0 aromatic heterocycles. The fraction of sp³-hybridized carbons (Fsp3) is 0.524. The molecule has 30 heavy (non-hydrogen) atoms. The van der Waals surface area contributed by atoms with Gasteiger partial charge in [-0.15, -0.1) is 11.5 Å². The zero-order valence-corrected chi connectivity index (χ0v) is 19.0. The number of alkyl halides is 3. The van der Waals surface area contributed by atoms with Crippen LogP contribution in [0.1, 0.15) is 44.4 Å². The molecule has 0 saturated heterocycles. The summed E-state index contributed by atoms with van der Waals surface area (Å²) in [5.74, 6) is 1.28. The Balaban J connectivity index is 2.93. The maximum absolute atomic E-state index is 12.7. The molecule has 0 spiro atoms. The van der Waals surface area contributed by atoms with E-state index in [0.717, 1.165) is 31.4 Å². The highest BCUT2D eigenvalue weighted by molar-refractivity contribution is 6.87. The van der Waals surface area contributed by atoms with E-state index in [1.165, 1.54) is 0 Å². The van der Waals surface area contributed by atoms with Crippen LogP contribution < -0.4 is 5.32 Å². The number of benzene rings is 1. The van der Waals surface area contributed by atoms with Crippen LogP contribution in [0.15, 0.2) is 24.3 Å². The molecule has 0 saturated carbocycles. The third kappa shape index (κ3) is 6.88. The SMILES string of the molecule is COC(=O)[C@@H](CC#C[Si](C)(C)C(C)(C)C)NC(=O)[C@@H](O)c1ccc(C(F)(F)F)cc1. The fourth-order valence-electron chi connectivity index (χ4n) is 2.15. The third-order valence-electron chi connectivity index (χ3n) is 5.19. The number of methoxy groups -OCH3 is 1. The number of esters is 1. The van der Waals surface area contributed by atoms with Crippen LogP contribution in [-0.4, -0.2) is 38.2 Å². The maximum Gasteiger partial charge on any atom is 0.416 e. The molecule has 0 fully saturated rings. The number of aliphatic hydroxyl groups excluding tert-OH is 1. The minimum atomic E-state index is -4.52. The Labute approximate surface area is 176 Å². The standard InChI is InChI=1S/C21H28F3NO4Si/c1-20(2,3)30(5,6)13-7-8-16(19(28)29-4)25-18(27)17(26)14-9-11-15(12-10-14)21(22,23)24/h9-12,16-17,26H,8H2,1-6H3,(H,25,27)/t16-,17+/m1/s1. The molecule has 0 aliphatic carbocycles. The van der Waals surface area contributed by atoms with Gasteiger partial charge in [-0.3, -0.25) is 4.79 Å². The van der Waals surface area contributed by atoms with Gasteiger partial charge in [-0.05, 0) is 22.7 Å². The van der Waals surface area contributed by atoms with Crippen LogP contribution in [-0.2, 0) is 20.5 Å². The Morgan fingerprint density at radius 2 is 1.70 bits per heavy atom. The molecule has 2 N–H and O–H groups in total. The predicted octanol–water partition coefficient (Wildman–Crippen LogP) is 3.84. The number of ether oxygens (including phenoxy) is 1. The van der Waals surface area contributed by atoms with Crippen molar-refractivity contribution in [3.05, 3.63) is 35.4 Å². The minimum Gasteiger partial charge on any atom is -0.467 e. The van der Waals surface area contributed by atoms with Crippen LogP contribution in [0.2, 0.25) is 18.1 Å². The van der Waals surface area contributed by atoms with Gasteiger partial charge in [0.2, 0.25) is 0 Å². The van der Waals surface area contributed by atoms with Gasteiger partial charge in [0.05, 0.1) is 12.7 Å². The normalized spacial score (nSPS) is 14.2. The van der Waals surface area contributed by atoms with Crippen LogP contribution in [0.4, 0.5) is 13.2 Å². The molecule has 1 rings (SSSR count). The van der Waals surface area contributed by atoms with Gasteiger partial charge in [-0.1, -0.05) is 46.0 Å². The average molecular weight is 444 g/mol. The van der Waals surface area contributed by atoms with Crippen molar-refractivity contribution in [2.75, 3.05) is 7.11 Å². The van der Waals surface area contributed by atoms with Gasteiger partial charge in [0, 0.05) is 6.42 Å². The Hall–Kier alpha value is -2.31. The van der Waals surface area contributed by atoms with E-state index in [2.05, 4.69) is 55.4 Å². The quantitative estimate of drug-likeness (QED) is 0.412. The first kappa shape index (κ1) is 25.7. The summed E-state index contributed by atoms with van der Waals surface area (Å²) in [6.07, 6.45) is -6.28. The van der Waals surface area contributed by atoms with E-state index in [-0.39, 0.29) is 17.0 Å². The second kappa shape index (κ2) is 9.66. The Morgan fingerprint density at radius 3 is 2.13 bits per heavy atom. The van der Waals surface area contributed by atoms with Crippen molar-refractivity contribution in [1.29, 1.82) is 0 Å². The number of carbonyl (C=O) groups excluding carboxylic acids is 2. The number of carbonyl (C=O) groups is 2. The monoisotopic (exact) mass is 443 g/mol. The number of aliphatic hydroxyl groups is 1. The van der Waals surface area contributed by atoms with Gasteiger partial charge in [0.25, 0.3) is 5.91 Å². The van der Waals surface area contributed by atoms with Crippen molar-refractivity contribution in [2.24, 2.45) is 0 Å². The number of hydrogen-bond acceptors (Lipinski definition) is 4. The molecule has 1 aromatic carbocycles. The minimum absolute atomic E-state index is 0.00927. The number of amides is 1. The average Bonchev–Trinajstić information content (AvgIpc) is 2.64. The Kier molecular flexibility index (Phi) is 8.29. The molecule has 1 amide bonds. The molecule has 9 heteroatoms. The van der Waals surface area contributed by atoms with Crippen molar-refractivity contribution in [2.45, 2.75) is 63.6 Å². The molecular formula is C21H28F3NO4Si. The highest BCUT2D eigenvalue weighted by atomic mass is 28.3. The zero-order chi connectivity index (χ0) is 23.3. The van der Waals surface area contributed by atoms with Crippen molar-refractivity contribution in [3.8, 4) is 11.5 Å². The lowest BCUT2D eigenvalue weighted by Crippen LogP contribution is -2.43. The van der Waals surface area contributed by atoms with E-state index in [1.807, 2.05) is 0 Å². The van der Waals surface area contributed by atoms with Crippen LogP contribution in [0.25, 0.3) is 0 Å². The van der Waals surface area contributed by atoms with Gasteiger partial charge in [-0.2, -0.15) is 13.2 Å². The molecular weight excluding hydrogens is 415 g/mol. The molecule has 0 aliphatic heterocycles. The summed E-state index contributed by atoms with van der Waals surface area (Å²) in [4.78, 5) is 24.4. The number of halogens is 3. The van der Waals surface area contributed by atoms with E-state index < -0.39 is 43.8 Å². The van der Waals surface area contributed by atoms with Gasteiger partial charge >= 0.3 is 12.1 Å². The lowest BCUT2D eigenvalue weighted by Gasteiger charge is -2.31. The lowest BCUT2D eigenvalue weighted by atomic mass is 10.1. The summed E-state index contributed by atoms with van der Waals surface area (Å²) in [5.41, 5.74) is 2.30.